The van der Waals surface area contributed by atoms with E-state index >= 15 is 0 Å². The van der Waals surface area contributed by atoms with E-state index in [9.17, 15) is 0 Å². The van der Waals surface area contributed by atoms with Crippen molar-refractivity contribution < 1.29 is 4.42 Å². The van der Waals surface area contributed by atoms with Gasteiger partial charge in [-0.1, -0.05) is 0 Å². The lowest BCUT2D eigenvalue weighted by Gasteiger charge is -2.09. The fourth-order valence-corrected chi connectivity index (χ4v) is 1.77. The standard InChI is InChI=1S/C10H12IN3O/c1-7(10-12-4-5-13-10)14-6-8-2-3-9(11)15-8/h2-5,7,14H,6H2,1H3,(H,12,13). The Morgan fingerprint density at radius 3 is 3.07 bits per heavy atom. The van der Waals surface area contributed by atoms with E-state index in [1.807, 2.05) is 18.3 Å². The number of rotatable bonds is 4. The minimum absolute atomic E-state index is 0.197. The van der Waals surface area contributed by atoms with E-state index in [1.165, 1.54) is 0 Å². The summed E-state index contributed by atoms with van der Waals surface area (Å²) in [4.78, 5) is 7.26. The molecule has 4 nitrogen and oxygen atoms in total. The number of aromatic nitrogens is 2. The molecule has 5 heteroatoms. The van der Waals surface area contributed by atoms with Crippen molar-refractivity contribution in [1.82, 2.24) is 15.3 Å². The van der Waals surface area contributed by atoms with E-state index < -0.39 is 0 Å². The minimum Gasteiger partial charge on any atom is -0.454 e. The summed E-state index contributed by atoms with van der Waals surface area (Å²) >= 11 is 2.16. The van der Waals surface area contributed by atoms with Crippen molar-refractivity contribution in [3.63, 3.8) is 0 Å². The molecule has 1 atom stereocenters. The van der Waals surface area contributed by atoms with Crippen molar-refractivity contribution in [2.45, 2.75) is 19.5 Å². The number of H-pyrrole nitrogens is 1. The summed E-state index contributed by atoms with van der Waals surface area (Å²) in [7, 11) is 0. The summed E-state index contributed by atoms with van der Waals surface area (Å²) in [5.41, 5.74) is 0. The van der Waals surface area contributed by atoms with E-state index in [2.05, 4.69) is 44.8 Å². The Kier molecular flexibility index (Phi) is 3.42. The topological polar surface area (TPSA) is 53.9 Å². The number of nitrogens with zero attached hydrogens (tertiary/aromatic N) is 1. The molecule has 0 aliphatic heterocycles. The average Bonchev–Trinajstić information content (AvgIpc) is 2.84. The van der Waals surface area contributed by atoms with Crippen LogP contribution in [-0.4, -0.2) is 9.97 Å². The molecule has 0 bridgehead atoms. The molecule has 0 radical (unpaired) electrons. The molecule has 0 amide bonds. The van der Waals surface area contributed by atoms with Gasteiger partial charge in [-0.05, 0) is 41.6 Å². The van der Waals surface area contributed by atoms with Crippen molar-refractivity contribution in [3.05, 3.63) is 39.9 Å². The molecule has 2 rings (SSSR count). The van der Waals surface area contributed by atoms with Crippen molar-refractivity contribution >= 4 is 22.6 Å². The van der Waals surface area contributed by atoms with E-state index in [-0.39, 0.29) is 6.04 Å². The molecular formula is C10H12IN3O. The third kappa shape index (κ3) is 2.82. The lowest BCUT2D eigenvalue weighted by molar-refractivity contribution is 0.440. The van der Waals surface area contributed by atoms with Gasteiger partial charge in [0.15, 0.2) is 3.77 Å². The first-order valence-corrected chi connectivity index (χ1v) is 5.80. The number of nitrogens with one attached hydrogen (secondary N) is 2. The Hall–Kier alpha value is -0.820. The maximum absolute atomic E-state index is 5.44. The number of imidazole rings is 1. The summed E-state index contributed by atoms with van der Waals surface area (Å²) in [5.74, 6) is 1.88. The van der Waals surface area contributed by atoms with Crippen LogP contribution in [0, 0.1) is 3.77 Å². The van der Waals surface area contributed by atoms with E-state index in [0.29, 0.717) is 6.54 Å². The van der Waals surface area contributed by atoms with Gasteiger partial charge in [0, 0.05) is 12.4 Å². The quantitative estimate of drug-likeness (QED) is 0.852. The smallest absolute Gasteiger partial charge is 0.164 e. The summed E-state index contributed by atoms with van der Waals surface area (Å²) in [6.45, 7) is 2.78. The monoisotopic (exact) mass is 317 g/mol. The summed E-state index contributed by atoms with van der Waals surface area (Å²) in [5, 5.41) is 3.32. The molecule has 2 heterocycles. The van der Waals surface area contributed by atoms with Crippen LogP contribution >= 0.6 is 22.6 Å². The van der Waals surface area contributed by atoms with Gasteiger partial charge < -0.3 is 14.7 Å². The second kappa shape index (κ2) is 4.80. The van der Waals surface area contributed by atoms with Crippen molar-refractivity contribution in [3.8, 4) is 0 Å². The van der Waals surface area contributed by atoms with Crippen LogP contribution in [0.2, 0.25) is 0 Å². The molecule has 0 aliphatic rings. The van der Waals surface area contributed by atoms with Crippen LogP contribution in [0.3, 0.4) is 0 Å². The number of furan rings is 1. The highest BCUT2D eigenvalue weighted by molar-refractivity contribution is 14.1. The fraction of sp³-hybridized carbons (Fsp3) is 0.300. The minimum atomic E-state index is 0.197. The first-order chi connectivity index (χ1) is 7.25. The molecule has 0 aromatic carbocycles. The van der Waals surface area contributed by atoms with Gasteiger partial charge in [-0.3, -0.25) is 0 Å². The molecule has 0 spiro atoms. The van der Waals surface area contributed by atoms with Crippen LogP contribution in [0.5, 0.6) is 0 Å². The zero-order valence-electron chi connectivity index (χ0n) is 8.33. The largest absolute Gasteiger partial charge is 0.454 e. The highest BCUT2D eigenvalue weighted by Crippen LogP contribution is 2.12. The van der Waals surface area contributed by atoms with Gasteiger partial charge in [-0.25, -0.2) is 4.98 Å². The summed E-state index contributed by atoms with van der Waals surface area (Å²) in [6.07, 6.45) is 3.58. The van der Waals surface area contributed by atoms with Crippen LogP contribution in [0.25, 0.3) is 0 Å². The van der Waals surface area contributed by atoms with E-state index in [4.69, 9.17) is 4.42 Å². The SMILES string of the molecule is CC(NCc1ccc(I)o1)c1ncc[nH]1. The molecule has 2 N–H and O–H groups in total. The van der Waals surface area contributed by atoms with Gasteiger partial charge in [-0.2, -0.15) is 0 Å². The lowest BCUT2D eigenvalue weighted by Crippen LogP contribution is -2.18. The highest BCUT2D eigenvalue weighted by Gasteiger charge is 2.07. The molecule has 2 aromatic heterocycles. The number of hydrogen-bond donors (Lipinski definition) is 2. The van der Waals surface area contributed by atoms with E-state index in [1.54, 1.807) is 6.20 Å². The second-order valence-corrected chi connectivity index (χ2v) is 4.35. The number of halogens is 1. The summed E-state index contributed by atoms with van der Waals surface area (Å²) < 4.78 is 6.36. The number of aromatic amines is 1. The Labute approximate surface area is 102 Å². The predicted octanol–water partition coefficient (Wildman–Crippen LogP) is 2.46. The normalized spacial score (nSPS) is 12.9. The summed E-state index contributed by atoms with van der Waals surface area (Å²) in [6, 6.07) is 4.13. The molecule has 15 heavy (non-hydrogen) atoms. The van der Waals surface area contributed by atoms with Gasteiger partial charge in [0.05, 0.1) is 12.6 Å². The molecule has 0 saturated heterocycles. The van der Waals surface area contributed by atoms with Gasteiger partial charge in [0.25, 0.3) is 0 Å². The molecule has 2 aromatic rings. The maximum Gasteiger partial charge on any atom is 0.164 e. The van der Waals surface area contributed by atoms with E-state index in [0.717, 1.165) is 15.4 Å². The van der Waals surface area contributed by atoms with Gasteiger partial charge in [0.1, 0.15) is 11.6 Å². The van der Waals surface area contributed by atoms with Crippen LogP contribution in [0.15, 0.2) is 28.9 Å². The molecule has 1 unspecified atom stereocenters. The van der Waals surface area contributed by atoms with Crippen molar-refractivity contribution in [1.29, 1.82) is 0 Å². The molecule has 80 valence electrons. The third-order valence-electron chi connectivity index (χ3n) is 2.14. The first kappa shape index (κ1) is 10.7. The molecule has 0 fully saturated rings. The van der Waals surface area contributed by atoms with Crippen LogP contribution in [0.1, 0.15) is 24.6 Å². The third-order valence-corrected chi connectivity index (χ3v) is 2.72. The Morgan fingerprint density at radius 2 is 2.47 bits per heavy atom. The fourth-order valence-electron chi connectivity index (χ4n) is 1.31. The van der Waals surface area contributed by atoms with Crippen LogP contribution < -0.4 is 5.32 Å². The Balaban J connectivity index is 1.88. The number of hydrogen-bond acceptors (Lipinski definition) is 3. The van der Waals surface area contributed by atoms with Gasteiger partial charge in [0.2, 0.25) is 0 Å². The highest BCUT2D eigenvalue weighted by atomic mass is 127. The zero-order chi connectivity index (χ0) is 10.7. The van der Waals surface area contributed by atoms with Crippen molar-refractivity contribution in [2.75, 3.05) is 0 Å². The average molecular weight is 317 g/mol. The Bertz CT molecular complexity index is 410. The second-order valence-electron chi connectivity index (χ2n) is 3.28. The molecule has 0 saturated carbocycles. The Morgan fingerprint density at radius 1 is 1.60 bits per heavy atom. The molecular weight excluding hydrogens is 305 g/mol. The molecule has 0 aliphatic carbocycles. The first-order valence-electron chi connectivity index (χ1n) is 4.72. The van der Waals surface area contributed by atoms with Gasteiger partial charge in [-0.15, -0.1) is 0 Å². The van der Waals surface area contributed by atoms with Crippen LogP contribution in [-0.2, 0) is 6.54 Å². The lowest BCUT2D eigenvalue weighted by atomic mass is 10.3. The van der Waals surface area contributed by atoms with Gasteiger partial charge >= 0.3 is 0 Å². The zero-order valence-corrected chi connectivity index (χ0v) is 10.5. The van der Waals surface area contributed by atoms with Crippen molar-refractivity contribution in [2.24, 2.45) is 0 Å². The predicted molar refractivity (Wildman–Crippen MR) is 65.3 cm³/mol. The maximum atomic E-state index is 5.44. The van der Waals surface area contributed by atoms with Crippen LogP contribution in [0.4, 0.5) is 0 Å².